The number of carboxylic acid groups (broad SMARTS) is 2. The van der Waals surface area contributed by atoms with Crippen molar-refractivity contribution in [3.63, 3.8) is 0 Å². The second-order valence-corrected chi connectivity index (χ2v) is 10.3. The standard InChI is InChI=1S/C16H19N3O5S.C7H7NO2/c1-16(2)11(15(23)24)19-13(22)10(14(19)25-16)18-12(21)9(17)7-3-5-8(20)6-4-7;8-6-4-2-1-3-5(6)7(9)10/h3-6,9-11,14,20H,17H2,1-2H3,(H,18,21)(H,23,24);1-4H,8H2,(H,9,10)/t9?,10-,11+,14-;/m1./s1. The SMILES string of the molecule is CC1(C)S[C@@H]2[C@H](NC(=O)C(N)c3ccc(O)cc3)C(=O)N2[C@H]1C(=O)O.Nc1ccccc1C(=O)O. The van der Waals surface area contributed by atoms with Gasteiger partial charge in [0.2, 0.25) is 11.8 Å². The molecule has 2 aliphatic rings. The van der Waals surface area contributed by atoms with Gasteiger partial charge in [-0.15, -0.1) is 11.8 Å². The van der Waals surface area contributed by atoms with Gasteiger partial charge in [-0.05, 0) is 43.7 Å². The number of hydrogen-bond donors (Lipinski definition) is 6. The molecule has 0 aliphatic carbocycles. The molecule has 2 aromatic rings. The van der Waals surface area contributed by atoms with Gasteiger partial charge in [0.15, 0.2) is 0 Å². The molecule has 11 nitrogen and oxygen atoms in total. The zero-order chi connectivity index (χ0) is 26.1. The van der Waals surface area contributed by atoms with Crippen LogP contribution in [-0.2, 0) is 14.4 Å². The highest BCUT2D eigenvalue weighted by Gasteiger charge is 2.64. The van der Waals surface area contributed by atoms with E-state index >= 15 is 0 Å². The summed E-state index contributed by atoms with van der Waals surface area (Å²) in [7, 11) is 0. The van der Waals surface area contributed by atoms with Crippen LogP contribution in [0.5, 0.6) is 5.75 Å². The quantitative estimate of drug-likeness (QED) is 0.253. The smallest absolute Gasteiger partial charge is 0.337 e. The molecular weight excluding hydrogens is 476 g/mol. The Morgan fingerprint density at radius 3 is 2.20 bits per heavy atom. The molecule has 4 atom stereocenters. The summed E-state index contributed by atoms with van der Waals surface area (Å²) in [5.41, 5.74) is 12.2. The first-order valence-electron chi connectivity index (χ1n) is 10.5. The first-order chi connectivity index (χ1) is 16.3. The third-order valence-corrected chi connectivity index (χ3v) is 7.27. The normalized spacial score (nSPS) is 22.7. The van der Waals surface area contributed by atoms with Crippen LogP contribution in [-0.4, -0.2) is 66.2 Å². The Labute approximate surface area is 205 Å². The van der Waals surface area contributed by atoms with E-state index in [1.807, 2.05) is 0 Å². The van der Waals surface area contributed by atoms with E-state index in [1.165, 1.54) is 47.0 Å². The number of aliphatic carboxylic acids is 1. The fraction of sp³-hybridized carbons (Fsp3) is 0.304. The molecule has 2 heterocycles. The summed E-state index contributed by atoms with van der Waals surface area (Å²) in [6.45, 7) is 3.53. The largest absolute Gasteiger partial charge is 0.508 e. The zero-order valence-corrected chi connectivity index (χ0v) is 19.7. The van der Waals surface area contributed by atoms with Gasteiger partial charge in [-0.3, -0.25) is 9.59 Å². The lowest BCUT2D eigenvalue weighted by Gasteiger charge is -2.43. The second-order valence-electron chi connectivity index (χ2n) is 8.55. The summed E-state index contributed by atoms with van der Waals surface area (Å²) in [5, 5.41) is 29.3. The van der Waals surface area contributed by atoms with E-state index in [0.29, 0.717) is 11.3 Å². The molecule has 186 valence electrons. The number of aromatic carboxylic acids is 1. The Hall–Kier alpha value is -3.77. The monoisotopic (exact) mass is 502 g/mol. The van der Waals surface area contributed by atoms with E-state index in [-0.39, 0.29) is 11.3 Å². The Balaban J connectivity index is 0.000000287. The van der Waals surface area contributed by atoms with Gasteiger partial charge in [0.05, 0.1) is 5.56 Å². The van der Waals surface area contributed by atoms with Crippen LogP contribution in [0.25, 0.3) is 0 Å². The van der Waals surface area contributed by atoms with Crippen LogP contribution in [0.3, 0.4) is 0 Å². The Morgan fingerprint density at radius 1 is 1.09 bits per heavy atom. The van der Waals surface area contributed by atoms with Gasteiger partial charge in [0.25, 0.3) is 0 Å². The zero-order valence-electron chi connectivity index (χ0n) is 18.9. The summed E-state index contributed by atoms with van der Waals surface area (Å²) in [4.78, 5) is 47.8. The summed E-state index contributed by atoms with van der Waals surface area (Å²) in [6.07, 6.45) is 0. The first-order valence-corrected chi connectivity index (χ1v) is 11.4. The third kappa shape index (κ3) is 5.17. The van der Waals surface area contributed by atoms with Gasteiger partial charge in [0.1, 0.15) is 29.2 Å². The summed E-state index contributed by atoms with van der Waals surface area (Å²) in [6, 6.07) is 9.57. The highest BCUT2D eigenvalue weighted by Crippen LogP contribution is 2.50. The maximum absolute atomic E-state index is 12.3. The van der Waals surface area contributed by atoms with E-state index in [1.54, 1.807) is 32.0 Å². The number of nitrogens with zero attached hydrogens (tertiary/aromatic N) is 1. The lowest BCUT2D eigenvalue weighted by molar-refractivity contribution is -0.161. The highest BCUT2D eigenvalue weighted by molar-refractivity contribution is 8.01. The number of hydrogen-bond acceptors (Lipinski definition) is 8. The number of benzene rings is 2. The number of nitrogens with two attached hydrogens (primary N) is 2. The predicted molar refractivity (Wildman–Crippen MR) is 129 cm³/mol. The fourth-order valence-corrected chi connectivity index (χ4v) is 5.54. The van der Waals surface area contributed by atoms with Crippen molar-refractivity contribution in [3.05, 3.63) is 59.7 Å². The van der Waals surface area contributed by atoms with Crippen LogP contribution in [0.2, 0.25) is 0 Å². The van der Waals surface area contributed by atoms with Gasteiger partial charge in [0, 0.05) is 10.4 Å². The van der Waals surface area contributed by atoms with Crippen molar-refractivity contribution in [2.45, 2.75) is 42.1 Å². The van der Waals surface area contributed by atoms with E-state index in [4.69, 9.17) is 16.6 Å². The topological polar surface area (TPSA) is 196 Å². The van der Waals surface area contributed by atoms with Crippen molar-refractivity contribution in [1.29, 1.82) is 0 Å². The molecule has 2 aliphatic heterocycles. The van der Waals surface area contributed by atoms with Crippen molar-refractivity contribution < 1.29 is 34.5 Å². The van der Waals surface area contributed by atoms with Gasteiger partial charge < -0.3 is 37.0 Å². The highest BCUT2D eigenvalue weighted by atomic mass is 32.2. The predicted octanol–water partition coefficient (Wildman–Crippen LogP) is 0.991. The Kier molecular flexibility index (Phi) is 7.27. The fourth-order valence-electron chi connectivity index (χ4n) is 3.91. The number of fused-ring (bicyclic) bond motifs is 1. The molecule has 8 N–H and O–H groups in total. The number of aromatic hydroxyl groups is 1. The summed E-state index contributed by atoms with van der Waals surface area (Å²) in [5.74, 6) is -2.93. The van der Waals surface area contributed by atoms with Crippen LogP contribution in [0.15, 0.2) is 48.5 Å². The van der Waals surface area contributed by atoms with Gasteiger partial charge in [-0.2, -0.15) is 0 Å². The number of β-lactam (4-membered cyclic amide) rings is 1. The summed E-state index contributed by atoms with van der Waals surface area (Å²) < 4.78 is -0.648. The van der Waals surface area contributed by atoms with Crippen LogP contribution < -0.4 is 16.8 Å². The van der Waals surface area contributed by atoms with Crippen LogP contribution in [0.1, 0.15) is 35.8 Å². The van der Waals surface area contributed by atoms with E-state index in [9.17, 15) is 29.4 Å². The molecule has 0 aromatic heterocycles. The molecule has 0 bridgehead atoms. The molecule has 1 unspecified atom stereocenters. The van der Waals surface area contributed by atoms with Crippen molar-refractivity contribution in [1.82, 2.24) is 10.2 Å². The molecule has 0 spiro atoms. The van der Waals surface area contributed by atoms with Crippen molar-refractivity contribution in [2.24, 2.45) is 5.73 Å². The molecule has 2 amide bonds. The molecular formula is C23H26N4O7S. The number of carboxylic acids is 2. The molecule has 0 saturated carbocycles. The molecule has 0 radical (unpaired) electrons. The van der Waals surface area contributed by atoms with Crippen LogP contribution in [0.4, 0.5) is 5.69 Å². The molecule has 12 heteroatoms. The Bertz CT molecular complexity index is 1150. The molecule has 2 saturated heterocycles. The maximum Gasteiger partial charge on any atom is 0.337 e. The summed E-state index contributed by atoms with van der Waals surface area (Å²) >= 11 is 1.35. The number of rotatable bonds is 5. The van der Waals surface area contributed by atoms with Crippen LogP contribution >= 0.6 is 11.8 Å². The van der Waals surface area contributed by atoms with E-state index in [0.717, 1.165) is 0 Å². The second kappa shape index (κ2) is 9.84. The minimum absolute atomic E-state index is 0.0606. The first kappa shape index (κ1) is 25.8. The van der Waals surface area contributed by atoms with Crippen molar-refractivity contribution in [2.75, 3.05) is 5.73 Å². The maximum atomic E-state index is 12.3. The number of amides is 2. The average molecular weight is 503 g/mol. The molecule has 2 fully saturated rings. The lowest BCUT2D eigenvalue weighted by Crippen LogP contribution is -2.71. The van der Waals surface area contributed by atoms with Gasteiger partial charge in [-0.25, -0.2) is 9.59 Å². The molecule has 4 rings (SSSR count). The van der Waals surface area contributed by atoms with E-state index in [2.05, 4.69) is 5.32 Å². The van der Waals surface area contributed by atoms with Crippen molar-refractivity contribution >= 4 is 41.2 Å². The number of nitrogens with one attached hydrogen (secondary N) is 1. The molecule has 2 aromatic carbocycles. The number of para-hydroxylation sites is 1. The van der Waals surface area contributed by atoms with Crippen molar-refractivity contribution in [3.8, 4) is 5.75 Å². The van der Waals surface area contributed by atoms with E-state index < -0.39 is 52.0 Å². The van der Waals surface area contributed by atoms with Gasteiger partial charge in [-0.1, -0.05) is 24.3 Å². The number of nitrogen functional groups attached to an aromatic ring is 1. The minimum Gasteiger partial charge on any atom is -0.508 e. The number of anilines is 1. The number of phenolic OH excluding ortho intramolecular Hbond substituents is 1. The van der Waals surface area contributed by atoms with Crippen LogP contribution in [0, 0.1) is 0 Å². The number of thioether (sulfide) groups is 1. The number of carbonyl (C=O) groups excluding carboxylic acids is 2. The molecule has 35 heavy (non-hydrogen) atoms. The third-order valence-electron chi connectivity index (χ3n) is 5.70. The number of carbonyl (C=O) groups is 4. The average Bonchev–Trinajstić information content (AvgIpc) is 3.05. The Morgan fingerprint density at radius 2 is 1.69 bits per heavy atom. The lowest BCUT2D eigenvalue weighted by atomic mass is 9.95. The number of phenols is 1. The van der Waals surface area contributed by atoms with Gasteiger partial charge >= 0.3 is 11.9 Å². The minimum atomic E-state index is -1.06.